The lowest BCUT2D eigenvalue weighted by atomic mass is 9.76. The second-order valence-corrected chi connectivity index (χ2v) is 9.91. The van der Waals surface area contributed by atoms with E-state index in [1.807, 2.05) is 4.90 Å². The molecule has 4 nitrogen and oxygen atoms in total. The highest BCUT2D eigenvalue weighted by Gasteiger charge is 2.37. The number of nitrogens with zero attached hydrogens (tertiary/aromatic N) is 2. The minimum Gasteiger partial charge on any atom is -0.343 e. The molecule has 6 heteroatoms. The number of anilines is 1. The number of thioether (sulfide) groups is 1. The number of carbonyl (C=O) groups is 1. The first-order valence-electron chi connectivity index (χ1n) is 10.9. The van der Waals surface area contributed by atoms with Gasteiger partial charge in [-0.3, -0.25) is 4.79 Å². The highest BCUT2D eigenvalue weighted by molar-refractivity contribution is 7.98. The van der Waals surface area contributed by atoms with Crippen LogP contribution in [0.3, 0.4) is 0 Å². The van der Waals surface area contributed by atoms with Crippen molar-refractivity contribution in [3.63, 3.8) is 0 Å². The number of carbonyl (C=O) groups excluding carboxylic acids is 1. The van der Waals surface area contributed by atoms with Gasteiger partial charge in [-0.15, -0.1) is 11.8 Å². The Morgan fingerprint density at radius 1 is 1.21 bits per heavy atom. The number of likely N-dealkylation sites (tertiary alicyclic amines) is 1. The second-order valence-electron chi connectivity index (χ2n) is 8.64. The lowest BCUT2D eigenvalue weighted by molar-refractivity contribution is -0.130. The number of thiocarbonyl (C=S) groups is 1. The SMILES string of the molecule is CSc1cccc(NC(=S)N(C2CCN(C(C)=O)CC2)[C@@H]2CCC[C@@H](C)[C@@H]2C)c1. The van der Waals surface area contributed by atoms with Crippen LogP contribution < -0.4 is 5.32 Å². The highest BCUT2D eigenvalue weighted by atomic mass is 32.2. The number of amides is 1. The topological polar surface area (TPSA) is 35.6 Å². The van der Waals surface area contributed by atoms with Crippen molar-refractivity contribution in [2.45, 2.75) is 69.9 Å². The molecule has 1 heterocycles. The average molecular weight is 434 g/mol. The largest absolute Gasteiger partial charge is 0.343 e. The van der Waals surface area contributed by atoms with Gasteiger partial charge in [0.2, 0.25) is 5.91 Å². The van der Waals surface area contributed by atoms with Crippen LogP contribution in [0, 0.1) is 11.8 Å². The van der Waals surface area contributed by atoms with Crippen molar-refractivity contribution in [1.82, 2.24) is 9.80 Å². The summed E-state index contributed by atoms with van der Waals surface area (Å²) in [6.45, 7) is 8.11. The summed E-state index contributed by atoms with van der Waals surface area (Å²) < 4.78 is 0. The molecule has 1 saturated carbocycles. The molecule has 0 bridgehead atoms. The van der Waals surface area contributed by atoms with Crippen LogP contribution in [0.2, 0.25) is 0 Å². The van der Waals surface area contributed by atoms with Crippen LogP contribution in [-0.4, -0.2) is 52.2 Å². The van der Waals surface area contributed by atoms with Crippen molar-refractivity contribution in [3.8, 4) is 0 Å². The Morgan fingerprint density at radius 3 is 2.59 bits per heavy atom. The standard InChI is InChI=1S/C23H35N3OS2/c1-16-7-5-10-22(17(16)2)26(20-11-13-25(14-12-20)18(3)27)23(28)24-19-8-6-9-21(15-19)29-4/h6,8-9,15-17,20,22H,5,7,10-14H2,1-4H3,(H,24,28)/t16-,17+,22-/m1/s1. The van der Waals surface area contributed by atoms with E-state index >= 15 is 0 Å². The van der Waals surface area contributed by atoms with Crippen LogP contribution >= 0.6 is 24.0 Å². The smallest absolute Gasteiger partial charge is 0.219 e. The van der Waals surface area contributed by atoms with Crippen molar-refractivity contribution < 1.29 is 4.79 Å². The molecule has 1 N–H and O–H groups in total. The lowest BCUT2D eigenvalue weighted by Gasteiger charge is -2.48. The van der Waals surface area contributed by atoms with Crippen LogP contribution in [-0.2, 0) is 4.79 Å². The van der Waals surface area contributed by atoms with E-state index in [4.69, 9.17) is 12.2 Å². The molecule has 0 spiro atoms. The van der Waals surface area contributed by atoms with Gasteiger partial charge in [0.05, 0.1) is 0 Å². The molecular formula is C23H35N3OS2. The van der Waals surface area contributed by atoms with E-state index in [9.17, 15) is 4.79 Å². The number of benzene rings is 1. The molecule has 2 aliphatic rings. The number of piperidine rings is 1. The lowest BCUT2D eigenvalue weighted by Crippen LogP contribution is -2.56. The Morgan fingerprint density at radius 2 is 1.93 bits per heavy atom. The molecule has 1 aliphatic carbocycles. The summed E-state index contributed by atoms with van der Waals surface area (Å²) in [4.78, 5) is 17.5. The zero-order chi connectivity index (χ0) is 21.0. The van der Waals surface area contributed by atoms with Crippen molar-refractivity contribution in [2.24, 2.45) is 11.8 Å². The van der Waals surface area contributed by atoms with E-state index in [0.717, 1.165) is 42.6 Å². The quantitative estimate of drug-likeness (QED) is 0.519. The van der Waals surface area contributed by atoms with Crippen LogP contribution in [0.25, 0.3) is 0 Å². The third-order valence-corrected chi connectivity index (χ3v) is 7.92. The van der Waals surface area contributed by atoms with Crippen LogP contribution in [0.1, 0.15) is 52.9 Å². The summed E-state index contributed by atoms with van der Waals surface area (Å²) in [5.74, 6) is 1.52. The Kier molecular flexibility index (Phi) is 7.85. The van der Waals surface area contributed by atoms with Crippen LogP contribution in [0.4, 0.5) is 5.69 Å². The molecule has 1 saturated heterocycles. The molecule has 3 atom stereocenters. The fraction of sp³-hybridized carbons (Fsp3) is 0.652. The van der Waals surface area contributed by atoms with Crippen molar-refractivity contribution in [2.75, 3.05) is 24.7 Å². The number of nitrogens with one attached hydrogen (secondary N) is 1. The first-order valence-corrected chi connectivity index (χ1v) is 12.5. The van der Waals surface area contributed by atoms with Gasteiger partial charge in [0.15, 0.2) is 5.11 Å². The van der Waals surface area contributed by atoms with E-state index in [0.29, 0.717) is 18.0 Å². The first kappa shape index (κ1) is 22.4. The van der Waals surface area contributed by atoms with Gasteiger partial charge in [-0.25, -0.2) is 0 Å². The van der Waals surface area contributed by atoms with Gasteiger partial charge in [-0.1, -0.05) is 32.8 Å². The van der Waals surface area contributed by atoms with E-state index in [1.165, 1.54) is 24.2 Å². The maximum absolute atomic E-state index is 11.8. The van der Waals surface area contributed by atoms with Crippen molar-refractivity contribution >= 4 is 40.7 Å². The fourth-order valence-corrected chi connectivity index (χ4v) is 5.74. The van der Waals surface area contributed by atoms with E-state index in [2.05, 4.69) is 54.6 Å². The van der Waals surface area contributed by atoms with E-state index < -0.39 is 0 Å². The Bertz CT molecular complexity index is 718. The monoisotopic (exact) mass is 433 g/mol. The summed E-state index contributed by atoms with van der Waals surface area (Å²) in [5, 5.41) is 4.39. The molecule has 3 rings (SSSR count). The number of rotatable bonds is 4. The minimum absolute atomic E-state index is 0.184. The van der Waals surface area contributed by atoms with Crippen molar-refractivity contribution in [1.29, 1.82) is 0 Å². The first-order chi connectivity index (χ1) is 13.9. The van der Waals surface area contributed by atoms with Gasteiger partial charge < -0.3 is 15.1 Å². The molecule has 2 fully saturated rings. The molecule has 0 unspecified atom stereocenters. The number of hydrogen-bond donors (Lipinski definition) is 1. The van der Waals surface area contributed by atoms with Gasteiger partial charge in [0.25, 0.3) is 0 Å². The van der Waals surface area contributed by atoms with Crippen LogP contribution in [0.15, 0.2) is 29.2 Å². The third kappa shape index (κ3) is 5.46. The molecule has 1 amide bonds. The van der Waals surface area contributed by atoms with Gasteiger partial charge in [-0.05, 0) is 67.8 Å². The molecule has 29 heavy (non-hydrogen) atoms. The molecule has 1 aromatic rings. The van der Waals surface area contributed by atoms with Gasteiger partial charge >= 0.3 is 0 Å². The molecular weight excluding hydrogens is 398 g/mol. The summed E-state index contributed by atoms with van der Waals surface area (Å²) in [7, 11) is 0. The minimum atomic E-state index is 0.184. The maximum Gasteiger partial charge on any atom is 0.219 e. The predicted molar refractivity (Wildman–Crippen MR) is 128 cm³/mol. The summed E-state index contributed by atoms with van der Waals surface area (Å²) in [6, 6.07) is 9.33. The second kappa shape index (κ2) is 10.2. The number of hydrogen-bond acceptors (Lipinski definition) is 3. The zero-order valence-corrected chi connectivity index (χ0v) is 19.8. The van der Waals surface area contributed by atoms with Crippen LogP contribution in [0.5, 0.6) is 0 Å². The molecule has 1 aromatic carbocycles. The Hall–Kier alpha value is -1.27. The fourth-order valence-electron chi connectivity index (χ4n) is 4.88. The van der Waals surface area contributed by atoms with E-state index in [-0.39, 0.29) is 5.91 Å². The molecule has 0 radical (unpaired) electrons. The Balaban J connectivity index is 1.80. The summed E-state index contributed by atoms with van der Waals surface area (Å²) in [6.07, 6.45) is 7.85. The molecule has 1 aliphatic heterocycles. The third-order valence-electron chi connectivity index (χ3n) is 6.88. The summed E-state index contributed by atoms with van der Waals surface area (Å²) in [5.41, 5.74) is 1.06. The van der Waals surface area contributed by atoms with Gasteiger partial charge in [0, 0.05) is 42.7 Å². The maximum atomic E-state index is 11.8. The highest BCUT2D eigenvalue weighted by Crippen LogP contribution is 2.36. The van der Waals surface area contributed by atoms with Gasteiger partial charge in [0.1, 0.15) is 0 Å². The molecule has 0 aromatic heterocycles. The summed E-state index contributed by atoms with van der Waals surface area (Å²) >= 11 is 7.74. The van der Waals surface area contributed by atoms with Crippen molar-refractivity contribution in [3.05, 3.63) is 24.3 Å². The zero-order valence-electron chi connectivity index (χ0n) is 18.2. The van der Waals surface area contributed by atoms with E-state index in [1.54, 1.807) is 18.7 Å². The average Bonchev–Trinajstić information content (AvgIpc) is 2.72. The molecule has 160 valence electrons. The predicted octanol–water partition coefficient (Wildman–Crippen LogP) is 5.24. The van der Waals surface area contributed by atoms with Gasteiger partial charge in [-0.2, -0.15) is 0 Å². The normalized spacial score (nSPS) is 25.5. The Labute approximate surface area is 185 Å².